The van der Waals surface area contributed by atoms with Crippen LogP contribution in [0.4, 0.5) is 0 Å². The number of amides is 1. The number of nitrogens with zero attached hydrogens (tertiary/aromatic N) is 1. The van der Waals surface area contributed by atoms with Crippen LogP contribution in [0.15, 0.2) is 47.1 Å². The Labute approximate surface area is 180 Å². The number of carbonyl (C=O) groups is 1. The molecule has 4 saturated carbocycles. The van der Waals surface area contributed by atoms with Crippen molar-refractivity contribution in [3.05, 3.63) is 59.5 Å². The van der Waals surface area contributed by atoms with E-state index in [1.165, 1.54) is 30.4 Å². The maximum Gasteiger partial charge on any atom is 0.226 e. The van der Waals surface area contributed by atoms with Gasteiger partial charge in [0.15, 0.2) is 0 Å². The molecule has 2 aromatic rings. The van der Waals surface area contributed by atoms with Gasteiger partial charge in [0.2, 0.25) is 5.91 Å². The topological polar surface area (TPSA) is 45.5 Å². The molecule has 4 nitrogen and oxygen atoms in total. The number of hydrogen-bond acceptors (Lipinski definition) is 3. The number of benzene rings is 1. The number of nitrogens with one attached hydrogen (secondary N) is 1. The van der Waals surface area contributed by atoms with Crippen LogP contribution in [0.3, 0.4) is 0 Å². The molecule has 0 aliphatic heterocycles. The monoisotopic (exact) mass is 406 g/mol. The summed E-state index contributed by atoms with van der Waals surface area (Å²) in [5, 5.41) is 3.35. The highest BCUT2D eigenvalue weighted by atomic mass is 16.3. The van der Waals surface area contributed by atoms with Crippen molar-refractivity contribution in [3.63, 3.8) is 0 Å². The molecule has 4 bridgehead atoms. The Bertz CT molecular complexity index is 886. The molecule has 1 aromatic carbocycles. The standard InChI is InChI=1S/C26H34N2O2/c1-18-6-8-21(9-7-18)25-12-19-11-20(13-25)15-26(14-19,17-25)24(29)27-16-22(28(2)3)23-5-4-10-30-23/h4-10,19-20,22H,11-17H2,1-3H3,(H,27,29). The summed E-state index contributed by atoms with van der Waals surface area (Å²) in [6.07, 6.45) is 8.68. The van der Waals surface area contributed by atoms with Crippen molar-refractivity contribution in [2.24, 2.45) is 17.3 Å². The molecule has 160 valence electrons. The van der Waals surface area contributed by atoms with Gasteiger partial charge in [-0.25, -0.2) is 0 Å². The summed E-state index contributed by atoms with van der Waals surface area (Å²) in [6.45, 7) is 2.74. The predicted molar refractivity (Wildman–Crippen MR) is 118 cm³/mol. The van der Waals surface area contributed by atoms with Gasteiger partial charge in [-0.05, 0) is 94.5 Å². The highest BCUT2D eigenvalue weighted by Gasteiger charge is 2.60. The fourth-order valence-corrected chi connectivity index (χ4v) is 7.17. The number of aryl methyl sites for hydroxylation is 1. The van der Waals surface area contributed by atoms with Crippen LogP contribution < -0.4 is 5.32 Å². The molecular weight excluding hydrogens is 372 g/mol. The minimum Gasteiger partial charge on any atom is -0.468 e. The fraction of sp³-hybridized carbons (Fsp3) is 0.577. The molecule has 0 spiro atoms. The zero-order chi connectivity index (χ0) is 20.9. The van der Waals surface area contributed by atoms with Crippen LogP contribution in [0, 0.1) is 24.2 Å². The largest absolute Gasteiger partial charge is 0.468 e. The lowest BCUT2D eigenvalue weighted by molar-refractivity contribution is -0.149. The summed E-state index contributed by atoms with van der Waals surface area (Å²) >= 11 is 0. The molecule has 1 aromatic heterocycles. The summed E-state index contributed by atoms with van der Waals surface area (Å²) in [4.78, 5) is 15.8. The summed E-state index contributed by atoms with van der Waals surface area (Å²) in [6, 6.07) is 13.1. The third-order valence-corrected chi connectivity index (χ3v) is 8.16. The van der Waals surface area contributed by atoms with Crippen LogP contribution in [0.25, 0.3) is 0 Å². The first-order chi connectivity index (χ1) is 14.4. The zero-order valence-electron chi connectivity index (χ0n) is 18.5. The van der Waals surface area contributed by atoms with E-state index in [1.54, 1.807) is 6.26 Å². The Morgan fingerprint density at radius 2 is 1.83 bits per heavy atom. The minimum atomic E-state index is -0.199. The molecule has 4 aliphatic rings. The van der Waals surface area contributed by atoms with E-state index in [1.807, 2.05) is 26.2 Å². The maximum atomic E-state index is 13.7. The van der Waals surface area contributed by atoms with E-state index in [9.17, 15) is 4.79 Å². The van der Waals surface area contributed by atoms with Crippen molar-refractivity contribution in [3.8, 4) is 0 Å². The molecule has 3 atom stereocenters. The first-order valence-corrected chi connectivity index (χ1v) is 11.4. The van der Waals surface area contributed by atoms with Gasteiger partial charge in [0.05, 0.1) is 17.7 Å². The third kappa shape index (κ3) is 3.30. The van der Waals surface area contributed by atoms with E-state index in [-0.39, 0.29) is 22.8 Å². The van der Waals surface area contributed by atoms with Gasteiger partial charge in [0.1, 0.15) is 5.76 Å². The van der Waals surface area contributed by atoms with Gasteiger partial charge in [-0.2, -0.15) is 0 Å². The quantitative estimate of drug-likeness (QED) is 0.746. The molecule has 4 heteroatoms. The molecule has 4 fully saturated rings. The number of likely N-dealkylation sites (N-methyl/N-ethyl adjacent to an activating group) is 1. The molecule has 1 amide bonds. The molecule has 1 N–H and O–H groups in total. The highest BCUT2D eigenvalue weighted by molar-refractivity contribution is 5.83. The molecule has 1 heterocycles. The van der Waals surface area contributed by atoms with E-state index in [2.05, 4.69) is 41.4 Å². The van der Waals surface area contributed by atoms with Crippen LogP contribution in [0.1, 0.15) is 61.5 Å². The van der Waals surface area contributed by atoms with E-state index in [4.69, 9.17) is 4.42 Å². The Kier molecular flexibility index (Phi) is 4.81. The average Bonchev–Trinajstić information content (AvgIpc) is 3.21. The van der Waals surface area contributed by atoms with Crippen LogP contribution in [-0.2, 0) is 10.2 Å². The van der Waals surface area contributed by atoms with Crippen molar-refractivity contribution in [1.82, 2.24) is 10.2 Å². The normalized spacial score (nSPS) is 33.1. The average molecular weight is 407 g/mol. The SMILES string of the molecule is Cc1ccc(C23CC4CC(CC(C(=O)NCC(c5ccco5)N(C)C)(C4)C2)C3)cc1. The van der Waals surface area contributed by atoms with Crippen molar-refractivity contribution in [1.29, 1.82) is 0 Å². The van der Waals surface area contributed by atoms with Gasteiger partial charge >= 0.3 is 0 Å². The van der Waals surface area contributed by atoms with E-state index >= 15 is 0 Å². The third-order valence-electron chi connectivity index (χ3n) is 8.16. The van der Waals surface area contributed by atoms with Gasteiger partial charge in [0, 0.05) is 6.54 Å². The Balaban J connectivity index is 1.37. The maximum absolute atomic E-state index is 13.7. The van der Waals surface area contributed by atoms with Gasteiger partial charge in [0.25, 0.3) is 0 Å². The lowest BCUT2D eigenvalue weighted by atomic mass is 9.42. The molecule has 3 unspecified atom stereocenters. The van der Waals surface area contributed by atoms with Crippen molar-refractivity contribution < 1.29 is 9.21 Å². The summed E-state index contributed by atoms with van der Waals surface area (Å²) in [7, 11) is 4.08. The van der Waals surface area contributed by atoms with Gasteiger partial charge in [-0.3, -0.25) is 9.69 Å². The minimum absolute atomic E-state index is 0.0592. The van der Waals surface area contributed by atoms with Crippen LogP contribution in [0.5, 0.6) is 0 Å². The highest BCUT2D eigenvalue weighted by Crippen LogP contribution is 2.65. The summed E-state index contributed by atoms with van der Waals surface area (Å²) < 4.78 is 5.63. The Hall–Kier alpha value is -2.07. The van der Waals surface area contributed by atoms with E-state index < -0.39 is 0 Å². The Morgan fingerprint density at radius 1 is 1.13 bits per heavy atom. The molecule has 0 saturated heterocycles. The van der Waals surface area contributed by atoms with Gasteiger partial charge in [-0.15, -0.1) is 0 Å². The second-order valence-electron chi connectivity index (χ2n) is 10.6. The number of hydrogen-bond donors (Lipinski definition) is 1. The number of rotatable bonds is 6. The summed E-state index contributed by atoms with van der Waals surface area (Å²) in [5.74, 6) is 2.55. The molecular formula is C26H34N2O2. The first-order valence-electron chi connectivity index (χ1n) is 11.4. The Morgan fingerprint density at radius 3 is 2.43 bits per heavy atom. The number of furan rings is 1. The lowest BCUT2D eigenvalue weighted by Crippen LogP contribution is -2.59. The van der Waals surface area contributed by atoms with Gasteiger partial charge < -0.3 is 9.73 Å². The van der Waals surface area contributed by atoms with E-state index in [0.29, 0.717) is 18.4 Å². The second-order valence-corrected chi connectivity index (χ2v) is 10.6. The second kappa shape index (κ2) is 7.26. The molecule has 4 aliphatic carbocycles. The van der Waals surface area contributed by atoms with Crippen molar-refractivity contribution in [2.45, 2.75) is 56.9 Å². The number of carbonyl (C=O) groups excluding carboxylic acids is 1. The van der Waals surface area contributed by atoms with Crippen LogP contribution in [-0.4, -0.2) is 31.4 Å². The molecule has 0 radical (unpaired) electrons. The first kappa shape index (κ1) is 19.9. The molecule has 6 rings (SSSR count). The fourth-order valence-electron chi connectivity index (χ4n) is 7.17. The van der Waals surface area contributed by atoms with Crippen LogP contribution in [0.2, 0.25) is 0 Å². The molecule has 30 heavy (non-hydrogen) atoms. The van der Waals surface area contributed by atoms with Crippen molar-refractivity contribution >= 4 is 5.91 Å². The van der Waals surface area contributed by atoms with Crippen molar-refractivity contribution in [2.75, 3.05) is 20.6 Å². The van der Waals surface area contributed by atoms with Gasteiger partial charge in [-0.1, -0.05) is 29.8 Å². The summed E-state index contributed by atoms with van der Waals surface area (Å²) in [5.41, 5.74) is 2.76. The van der Waals surface area contributed by atoms with E-state index in [0.717, 1.165) is 25.0 Å². The zero-order valence-corrected chi connectivity index (χ0v) is 18.5. The lowest BCUT2D eigenvalue weighted by Gasteiger charge is -2.61. The van der Waals surface area contributed by atoms with Crippen LogP contribution >= 0.6 is 0 Å². The predicted octanol–water partition coefficient (Wildman–Crippen LogP) is 4.85. The smallest absolute Gasteiger partial charge is 0.226 e.